The van der Waals surface area contributed by atoms with Crippen LogP contribution in [0.1, 0.15) is 24.2 Å². The number of hydrogen-bond acceptors (Lipinski definition) is 3. The van der Waals surface area contributed by atoms with Gasteiger partial charge >= 0.3 is 12.0 Å². The van der Waals surface area contributed by atoms with E-state index in [4.69, 9.17) is 10.8 Å². The summed E-state index contributed by atoms with van der Waals surface area (Å²) in [5.74, 6) is -1.06. The number of carbonyl (C=O) groups excluding carboxylic acids is 1. The van der Waals surface area contributed by atoms with Gasteiger partial charge in [0.25, 0.3) is 0 Å². The molecule has 2 amide bonds. The van der Waals surface area contributed by atoms with Crippen molar-refractivity contribution in [2.75, 3.05) is 11.1 Å². The molecule has 1 aromatic carbocycles. The highest BCUT2D eigenvalue weighted by atomic mass is 16.4. The van der Waals surface area contributed by atoms with Gasteiger partial charge in [0.1, 0.15) is 0 Å². The van der Waals surface area contributed by atoms with Crippen molar-refractivity contribution in [1.29, 1.82) is 0 Å². The van der Waals surface area contributed by atoms with Crippen molar-refractivity contribution in [2.24, 2.45) is 0 Å². The fraction of sp³-hybridized carbons (Fsp3) is 0.273. The number of amides is 2. The van der Waals surface area contributed by atoms with Gasteiger partial charge in [-0.2, -0.15) is 0 Å². The fourth-order valence-corrected chi connectivity index (χ4v) is 1.23. The molecule has 0 bridgehead atoms. The number of carboxylic acid groups (broad SMARTS) is 1. The zero-order valence-corrected chi connectivity index (χ0v) is 9.65. The number of nitrogens with one attached hydrogen (secondary N) is 2. The molecule has 17 heavy (non-hydrogen) atoms. The first kappa shape index (κ1) is 12.8. The first-order valence-electron chi connectivity index (χ1n) is 5.10. The molecule has 0 saturated carbocycles. The Bertz CT molecular complexity index is 444. The van der Waals surface area contributed by atoms with E-state index in [1.165, 1.54) is 18.2 Å². The van der Waals surface area contributed by atoms with Gasteiger partial charge in [-0.15, -0.1) is 0 Å². The quantitative estimate of drug-likeness (QED) is 0.598. The van der Waals surface area contributed by atoms with Gasteiger partial charge in [-0.3, -0.25) is 0 Å². The molecule has 0 atom stereocenters. The topological polar surface area (TPSA) is 104 Å². The third-order valence-electron chi connectivity index (χ3n) is 1.97. The molecule has 0 radical (unpaired) electrons. The Morgan fingerprint density at radius 2 is 2.00 bits per heavy atom. The minimum Gasteiger partial charge on any atom is -0.478 e. The lowest BCUT2D eigenvalue weighted by molar-refractivity contribution is 0.0697. The Morgan fingerprint density at radius 1 is 1.35 bits per heavy atom. The maximum Gasteiger partial charge on any atom is 0.335 e. The minimum absolute atomic E-state index is 0.00881. The number of carbonyl (C=O) groups is 2. The minimum atomic E-state index is -1.06. The first-order chi connectivity index (χ1) is 7.90. The van der Waals surface area contributed by atoms with Gasteiger partial charge in [0.2, 0.25) is 0 Å². The van der Waals surface area contributed by atoms with Gasteiger partial charge in [-0.1, -0.05) is 0 Å². The van der Waals surface area contributed by atoms with Crippen LogP contribution in [-0.4, -0.2) is 23.1 Å². The smallest absolute Gasteiger partial charge is 0.335 e. The Labute approximate surface area is 98.8 Å². The van der Waals surface area contributed by atoms with Crippen molar-refractivity contribution in [3.05, 3.63) is 23.8 Å². The van der Waals surface area contributed by atoms with Crippen LogP contribution in [0.15, 0.2) is 18.2 Å². The zero-order chi connectivity index (χ0) is 13.0. The molecule has 0 heterocycles. The van der Waals surface area contributed by atoms with Gasteiger partial charge in [0.15, 0.2) is 0 Å². The lowest BCUT2D eigenvalue weighted by atomic mass is 10.2. The van der Waals surface area contributed by atoms with Gasteiger partial charge < -0.3 is 21.5 Å². The zero-order valence-electron chi connectivity index (χ0n) is 9.65. The Kier molecular flexibility index (Phi) is 3.92. The molecule has 0 aliphatic heterocycles. The molecule has 0 aliphatic carbocycles. The molecule has 0 aromatic heterocycles. The number of nitrogens with two attached hydrogens (primary N) is 1. The summed E-state index contributed by atoms with van der Waals surface area (Å²) in [4.78, 5) is 22.1. The highest BCUT2D eigenvalue weighted by Gasteiger charge is 2.09. The van der Waals surface area contributed by atoms with Crippen molar-refractivity contribution >= 4 is 23.4 Å². The average molecular weight is 237 g/mol. The van der Waals surface area contributed by atoms with Crippen molar-refractivity contribution < 1.29 is 14.7 Å². The van der Waals surface area contributed by atoms with Crippen LogP contribution in [0.5, 0.6) is 0 Å². The van der Waals surface area contributed by atoms with Gasteiger partial charge in [-0.05, 0) is 32.0 Å². The van der Waals surface area contributed by atoms with Crippen LogP contribution >= 0.6 is 0 Å². The molecule has 92 valence electrons. The SMILES string of the molecule is CC(C)NC(=O)Nc1ccc(C(=O)O)cc1N. The Balaban J connectivity index is 2.79. The lowest BCUT2D eigenvalue weighted by Gasteiger charge is -2.12. The van der Waals surface area contributed by atoms with Crippen LogP contribution in [0.2, 0.25) is 0 Å². The molecule has 0 saturated heterocycles. The second-order valence-corrected chi connectivity index (χ2v) is 3.86. The number of aromatic carboxylic acids is 1. The molecule has 1 rings (SSSR count). The summed E-state index contributed by atoms with van der Waals surface area (Å²) in [5, 5.41) is 13.9. The molecular formula is C11H15N3O3. The fourth-order valence-electron chi connectivity index (χ4n) is 1.23. The van der Waals surface area contributed by atoms with E-state index in [9.17, 15) is 9.59 Å². The van der Waals surface area contributed by atoms with E-state index >= 15 is 0 Å². The first-order valence-corrected chi connectivity index (χ1v) is 5.10. The van der Waals surface area contributed by atoms with E-state index in [1.807, 2.05) is 13.8 Å². The number of rotatable bonds is 3. The maximum absolute atomic E-state index is 11.4. The normalized spacial score (nSPS) is 10.1. The average Bonchev–Trinajstić information content (AvgIpc) is 2.19. The predicted octanol–water partition coefficient (Wildman–Crippen LogP) is 1.50. The van der Waals surface area contributed by atoms with Crippen molar-refractivity contribution in [1.82, 2.24) is 5.32 Å². The number of urea groups is 1. The summed E-state index contributed by atoms with van der Waals surface area (Å²) in [6, 6.07) is 3.76. The summed E-state index contributed by atoms with van der Waals surface area (Å²) in [7, 11) is 0. The van der Waals surface area contributed by atoms with Gasteiger partial charge in [0, 0.05) is 6.04 Å². The monoisotopic (exact) mass is 237 g/mol. The highest BCUT2D eigenvalue weighted by molar-refractivity contribution is 5.95. The second-order valence-electron chi connectivity index (χ2n) is 3.86. The van der Waals surface area contributed by atoms with E-state index in [-0.39, 0.29) is 23.3 Å². The van der Waals surface area contributed by atoms with Crippen LogP contribution in [0.4, 0.5) is 16.2 Å². The molecule has 6 nitrogen and oxygen atoms in total. The van der Waals surface area contributed by atoms with Crippen molar-refractivity contribution in [2.45, 2.75) is 19.9 Å². The number of benzene rings is 1. The third kappa shape index (κ3) is 3.67. The molecule has 0 spiro atoms. The predicted molar refractivity (Wildman–Crippen MR) is 65.1 cm³/mol. The van der Waals surface area contributed by atoms with E-state index in [0.29, 0.717) is 5.69 Å². The molecule has 6 heteroatoms. The van der Waals surface area contributed by atoms with E-state index < -0.39 is 5.97 Å². The van der Waals surface area contributed by atoms with Crippen LogP contribution < -0.4 is 16.4 Å². The number of carboxylic acids is 1. The van der Waals surface area contributed by atoms with Crippen LogP contribution in [0, 0.1) is 0 Å². The Morgan fingerprint density at radius 3 is 2.47 bits per heavy atom. The molecule has 5 N–H and O–H groups in total. The van der Waals surface area contributed by atoms with Crippen LogP contribution in [0.3, 0.4) is 0 Å². The summed E-state index contributed by atoms with van der Waals surface area (Å²) >= 11 is 0. The molecule has 0 unspecified atom stereocenters. The molecule has 1 aromatic rings. The summed E-state index contributed by atoms with van der Waals surface area (Å²) < 4.78 is 0. The van der Waals surface area contributed by atoms with E-state index in [0.717, 1.165) is 0 Å². The molecular weight excluding hydrogens is 222 g/mol. The van der Waals surface area contributed by atoms with Crippen LogP contribution in [-0.2, 0) is 0 Å². The number of nitrogen functional groups attached to an aromatic ring is 1. The molecule has 0 aliphatic rings. The summed E-state index contributed by atoms with van der Waals surface area (Å²) in [5.41, 5.74) is 6.31. The van der Waals surface area contributed by atoms with Crippen molar-refractivity contribution in [3.8, 4) is 0 Å². The van der Waals surface area contributed by atoms with E-state index in [1.54, 1.807) is 0 Å². The molecule has 0 fully saturated rings. The number of hydrogen-bond donors (Lipinski definition) is 4. The second kappa shape index (κ2) is 5.20. The highest BCUT2D eigenvalue weighted by Crippen LogP contribution is 2.19. The van der Waals surface area contributed by atoms with Gasteiger partial charge in [-0.25, -0.2) is 9.59 Å². The van der Waals surface area contributed by atoms with Crippen LogP contribution in [0.25, 0.3) is 0 Å². The Hall–Kier alpha value is -2.24. The largest absolute Gasteiger partial charge is 0.478 e. The maximum atomic E-state index is 11.4. The van der Waals surface area contributed by atoms with Gasteiger partial charge in [0.05, 0.1) is 16.9 Å². The van der Waals surface area contributed by atoms with Crippen molar-refractivity contribution in [3.63, 3.8) is 0 Å². The summed E-state index contributed by atoms with van der Waals surface area (Å²) in [6.45, 7) is 3.66. The lowest BCUT2D eigenvalue weighted by Crippen LogP contribution is -2.34. The number of anilines is 2. The van der Waals surface area contributed by atoms with E-state index in [2.05, 4.69) is 10.6 Å². The third-order valence-corrected chi connectivity index (χ3v) is 1.97. The summed E-state index contributed by atoms with van der Waals surface area (Å²) in [6.07, 6.45) is 0. The standard InChI is InChI=1S/C11H15N3O3/c1-6(2)13-11(17)14-9-4-3-7(10(15)16)5-8(9)12/h3-6H,12H2,1-2H3,(H,15,16)(H2,13,14,17).